The maximum atomic E-state index is 12.1. The van der Waals surface area contributed by atoms with Gasteiger partial charge in [-0.05, 0) is 49.3 Å². The average molecular weight is 379 g/mol. The molecule has 1 amide bonds. The molecule has 126 valence electrons. The second-order valence-corrected chi connectivity index (χ2v) is 8.02. The summed E-state index contributed by atoms with van der Waals surface area (Å²) in [4.78, 5) is 14.6. The van der Waals surface area contributed by atoms with Crippen LogP contribution in [0.25, 0.3) is 0 Å². The van der Waals surface area contributed by atoms with Crippen LogP contribution >= 0.6 is 15.9 Å². The van der Waals surface area contributed by atoms with Crippen molar-refractivity contribution < 1.29 is 4.79 Å². The lowest BCUT2D eigenvalue weighted by molar-refractivity contribution is -0.123. The maximum Gasteiger partial charge on any atom is 0.220 e. The van der Waals surface area contributed by atoms with Crippen molar-refractivity contribution in [2.45, 2.75) is 57.5 Å². The molecule has 1 saturated carbocycles. The molecule has 1 aromatic rings. The number of nitrogens with one attached hydrogen (secondary N) is 1. The molecule has 0 radical (unpaired) electrons. The van der Waals surface area contributed by atoms with Gasteiger partial charge in [-0.1, -0.05) is 40.9 Å². The number of nitrogens with zero attached hydrogens (tertiary/aromatic N) is 1. The number of carbonyl (C=O) groups excluding carboxylic acids is 1. The maximum absolute atomic E-state index is 12.1. The van der Waals surface area contributed by atoms with Gasteiger partial charge in [-0.3, -0.25) is 9.69 Å². The lowest BCUT2D eigenvalue weighted by Crippen LogP contribution is -2.44. The van der Waals surface area contributed by atoms with Gasteiger partial charge in [0.1, 0.15) is 0 Å². The van der Waals surface area contributed by atoms with Gasteiger partial charge >= 0.3 is 0 Å². The van der Waals surface area contributed by atoms with Crippen LogP contribution < -0.4 is 5.32 Å². The minimum atomic E-state index is 0.280. The minimum Gasteiger partial charge on any atom is -0.353 e. The Hall–Kier alpha value is -0.870. The summed E-state index contributed by atoms with van der Waals surface area (Å²) in [7, 11) is 0. The van der Waals surface area contributed by atoms with Gasteiger partial charge in [0.2, 0.25) is 5.91 Å². The number of hydrogen-bond donors (Lipinski definition) is 1. The lowest BCUT2D eigenvalue weighted by atomic mass is 10.0. The van der Waals surface area contributed by atoms with Crippen molar-refractivity contribution in [1.29, 1.82) is 0 Å². The smallest absolute Gasteiger partial charge is 0.220 e. The molecule has 1 N–H and O–H groups in total. The van der Waals surface area contributed by atoms with Gasteiger partial charge in [0.15, 0.2) is 0 Å². The summed E-state index contributed by atoms with van der Waals surface area (Å²) in [6.07, 6.45) is 8.02. The number of piperidine rings is 1. The van der Waals surface area contributed by atoms with Crippen LogP contribution in [0.3, 0.4) is 0 Å². The Morgan fingerprint density at radius 1 is 1.17 bits per heavy atom. The first-order valence-electron chi connectivity index (χ1n) is 8.95. The second kappa shape index (κ2) is 8.29. The molecule has 0 bridgehead atoms. The van der Waals surface area contributed by atoms with Crippen LogP contribution in [0.1, 0.15) is 50.5 Å². The molecule has 0 atom stereocenters. The largest absolute Gasteiger partial charge is 0.353 e. The fourth-order valence-electron chi connectivity index (χ4n) is 3.89. The normalized spacial score (nSPS) is 20.7. The molecular formula is C19H27BrN2O. The number of likely N-dealkylation sites (tertiary alicyclic amines) is 1. The number of hydrogen-bond acceptors (Lipinski definition) is 2. The Morgan fingerprint density at radius 3 is 2.61 bits per heavy atom. The Bertz CT molecular complexity index is 520. The number of rotatable bonds is 5. The monoisotopic (exact) mass is 378 g/mol. The van der Waals surface area contributed by atoms with Crippen LogP contribution in [-0.2, 0) is 11.3 Å². The number of halogens is 1. The molecule has 2 fully saturated rings. The third kappa shape index (κ3) is 5.32. The van der Waals surface area contributed by atoms with E-state index in [0.717, 1.165) is 43.4 Å². The van der Waals surface area contributed by atoms with Gasteiger partial charge in [-0.2, -0.15) is 0 Å². The van der Waals surface area contributed by atoms with E-state index in [4.69, 9.17) is 0 Å². The summed E-state index contributed by atoms with van der Waals surface area (Å²) in [6.45, 7) is 3.14. The van der Waals surface area contributed by atoms with Gasteiger partial charge in [-0.15, -0.1) is 0 Å². The summed E-state index contributed by atoms with van der Waals surface area (Å²) in [5.74, 6) is 0.925. The van der Waals surface area contributed by atoms with Crippen molar-refractivity contribution in [3.05, 3.63) is 34.3 Å². The second-order valence-electron chi connectivity index (χ2n) is 7.10. The van der Waals surface area contributed by atoms with Crippen LogP contribution in [0.5, 0.6) is 0 Å². The van der Waals surface area contributed by atoms with Crippen LogP contribution in [0.15, 0.2) is 28.7 Å². The number of benzene rings is 1. The van der Waals surface area contributed by atoms with E-state index >= 15 is 0 Å². The van der Waals surface area contributed by atoms with E-state index < -0.39 is 0 Å². The highest BCUT2D eigenvalue weighted by molar-refractivity contribution is 9.10. The van der Waals surface area contributed by atoms with Crippen molar-refractivity contribution in [2.75, 3.05) is 13.1 Å². The Labute approximate surface area is 148 Å². The standard InChI is InChI=1S/C19H27BrN2O/c20-17-7-3-6-16(12-17)14-22-10-8-18(9-11-22)21-19(23)13-15-4-1-2-5-15/h3,6-7,12,15,18H,1-2,4-5,8-11,13-14H2,(H,21,23). The minimum absolute atomic E-state index is 0.280. The molecule has 23 heavy (non-hydrogen) atoms. The highest BCUT2D eigenvalue weighted by Crippen LogP contribution is 2.27. The van der Waals surface area contributed by atoms with Crippen molar-refractivity contribution in [2.24, 2.45) is 5.92 Å². The third-order valence-electron chi connectivity index (χ3n) is 5.20. The molecule has 4 heteroatoms. The quantitative estimate of drug-likeness (QED) is 0.835. The summed E-state index contributed by atoms with van der Waals surface area (Å²) in [6, 6.07) is 8.91. The molecule has 1 heterocycles. The van der Waals surface area contributed by atoms with Crippen molar-refractivity contribution in [1.82, 2.24) is 10.2 Å². The van der Waals surface area contributed by atoms with Gasteiger partial charge in [-0.25, -0.2) is 0 Å². The van der Waals surface area contributed by atoms with Crippen LogP contribution in [0.2, 0.25) is 0 Å². The Kier molecular flexibility index (Phi) is 6.12. The molecule has 0 spiro atoms. The first-order chi connectivity index (χ1) is 11.2. The van der Waals surface area contributed by atoms with Gasteiger partial charge in [0.25, 0.3) is 0 Å². The Morgan fingerprint density at radius 2 is 1.91 bits per heavy atom. The molecular weight excluding hydrogens is 352 g/mol. The fourth-order valence-corrected chi connectivity index (χ4v) is 4.34. The van der Waals surface area contributed by atoms with E-state index in [1.165, 1.54) is 31.2 Å². The van der Waals surface area contributed by atoms with Gasteiger partial charge in [0, 0.05) is 36.6 Å². The predicted molar refractivity (Wildman–Crippen MR) is 97.2 cm³/mol. The van der Waals surface area contributed by atoms with Crippen molar-refractivity contribution >= 4 is 21.8 Å². The van der Waals surface area contributed by atoms with Gasteiger partial charge in [0.05, 0.1) is 0 Å². The molecule has 1 aliphatic heterocycles. The van der Waals surface area contributed by atoms with Gasteiger partial charge < -0.3 is 5.32 Å². The third-order valence-corrected chi connectivity index (χ3v) is 5.69. The topological polar surface area (TPSA) is 32.3 Å². The summed E-state index contributed by atoms with van der Waals surface area (Å²) in [5, 5.41) is 3.27. The highest BCUT2D eigenvalue weighted by Gasteiger charge is 2.23. The molecule has 2 aliphatic rings. The van der Waals surface area contributed by atoms with Crippen LogP contribution in [0.4, 0.5) is 0 Å². The Balaban J connectivity index is 1.38. The summed E-state index contributed by atoms with van der Waals surface area (Å²) >= 11 is 3.53. The number of carbonyl (C=O) groups is 1. The van der Waals surface area contributed by atoms with Crippen molar-refractivity contribution in [3.63, 3.8) is 0 Å². The average Bonchev–Trinajstić information content (AvgIpc) is 3.02. The molecule has 3 rings (SSSR count). The first-order valence-corrected chi connectivity index (χ1v) is 9.74. The molecule has 3 nitrogen and oxygen atoms in total. The van der Waals surface area contributed by atoms with Crippen molar-refractivity contribution in [3.8, 4) is 0 Å². The van der Waals surface area contributed by atoms with E-state index in [9.17, 15) is 4.79 Å². The van der Waals surface area contributed by atoms with E-state index in [-0.39, 0.29) is 5.91 Å². The zero-order valence-corrected chi connectivity index (χ0v) is 15.4. The summed E-state index contributed by atoms with van der Waals surface area (Å²) < 4.78 is 1.14. The van der Waals surface area contributed by atoms with E-state index in [1.54, 1.807) is 0 Å². The van der Waals surface area contributed by atoms with E-state index in [1.807, 2.05) is 0 Å². The fraction of sp³-hybridized carbons (Fsp3) is 0.632. The zero-order valence-electron chi connectivity index (χ0n) is 13.8. The van der Waals surface area contributed by atoms with E-state index in [2.05, 4.69) is 50.4 Å². The molecule has 1 saturated heterocycles. The SMILES string of the molecule is O=C(CC1CCCC1)NC1CCN(Cc2cccc(Br)c2)CC1. The molecule has 1 aliphatic carbocycles. The van der Waals surface area contributed by atoms with Crippen LogP contribution in [0, 0.1) is 5.92 Å². The molecule has 0 unspecified atom stereocenters. The highest BCUT2D eigenvalue weighted by atomic mass is 79.9. The van der Waals surface area contributed by atoms with Crippen LogP contribution in [-0.4, -0.2) is 29.9 Å². The predicted octanol–water partition coefficient (Wildman–Crippen LogP) is 4.11. The number of amides is 1. The molecule has 1 aromatic carbocycles. The molecule has 0 aromatic heterocycles. The van der Waals surface area contributed by atoms with E-state index in [0.29, 0.717) is 12.0 Å². The summed E-state index contributed by atoms with van der Waals surface area (Å²) in [5.41, 5.74) is 1.35. The zero-order chi connectivity index (χ0) is 16.1. The first kappa shape index (κ1) is 17.0. The lowest BCUT2D eigenvalue weighted by Gasteiger charge is -2.32.